The highest BCUT2D eigenvalue weighted by molar-refractivity contribution is 7.92. The number of carbonyl (C=O) groups is 2. The molecule has 25 heavy (non-hydrogen) atoms. The van der Waals surface area contributed by atoms with Crippen LogP contribution < -0.4 is 5.32 Å². The van der Waals surface area contributed by atoms with Gasteiger partial charge in [0.1, 0.15) is 6.04 Å². The minimum Gasteiger partial charge on any atom is -0.480 e. The summed E-state index contributed by atoms with van der Waals surface area (Å²) in [5.74, 6) is -1.57. The van der Waals surface area contributed by atoms with E-state index in [9.17, 15) is 23.1 Å². The molecule has 0 heterocycles. The van der Waals surface area contributed by atoms with Crippen LogP contribution in [0.1, 0.15) is 62.2 Å². The summed E-state index contributed by atoms with van der Waals surface area (Å²) < 4.78 is 25.0. The van der Waals surface area contributed by atoms with Crippen molar-refractivity contribution in [2.45, 2.75) is 68.1 Å². The molecule has 1 aromatic rings. The average Bonchev–Trinajstić information content (AvgIpc) is 3.13. The Hall–Kier alpha value is -1.89. The first kappa shape index (κ1) is 19.4. The van der Waals surface area contributed by atoms with Gasteiger partial charge in [-0.3, -0.25) is 4.79 Å². The van der Waals surface area contributed by atoms with Crippen LogP contribution in [0.3, 0.4) is 0 Å². The normalized spacial score (nSPS) is 16.5. The predicted octanol–water partition coefficient (Wildman–Crippen LogP) is 2.78. The summed E-state index contributed by atoms with van der Waals surface area (Å²) in [7, 11) is -3.36. The summed E-state index contributed by atoms with van der Waals surface area (Å²) >= 11 is 0. The second-order valence-corrected chi connectivity index (χ2v) is 8.71. The molecule has 0 spiro atoms. The fraction of sp³-hybridized carbons (Fsp3) is 0.556. The molecule has 1 atom stereocenters. The highest BCUT2D eigenvalue weighted by Crippen LogP contribution is 2.29. The van der Waals surface area contributed by atoms with E-state index in [1.165, 1.54) is 24.3 Å². The minimum atomic E-state index is -3.36. The number of carbonyl (C=O) groups excluding carboxylic acids is 1. The Morgan fingerprint density at radius 2 is 1.80 bits per heavy atom. The highest BCUT2D eigenvalue weighted by atomic mass is 32.2. The van der Waals surface area contributed by atoms with E-state index in [-0.39, 0.29) is 15.7 Å². The molecule has 0 aromatic heterocycles. The molecular weight excluding hydrogens is 342 g/mol. The van der Waals surface area contributed by atoms with Crippen LogP contribution in [0.2, 0.25) is 0 Å². The van der Waals surface area contributed by atoms with E-state index in [1.807, 2.05) is 6.92 Å². The Morgan fingerprint density at radius 1 is 1.20 bits per heavy atom. The van der Waals surface area contributed by atoms with Crippen LogP contribution in [0.15, 0.2) is 29.2 Å². The SMILES string of the molecule is CCCC[C@H](NC(=O)c1ccc(S(=O)(=O)C2CCCC2)cc1)C(=O)O. The smallest absolute Gasteiger partial charge is 0.326 e. The number of carboxylic acid groups (broad SMARTS) is 1. The third-order valence-corrected chi connectivity index (χ3v) is 6.91. The van der Waals surface area contributed by atoms with Gasteiger partial charge in [0, 0.05) is 5.56 Å². The first-order valence-corrected chi connectivity index (χ1v) is 10.3. The van der Waals surface area contributed by atoms with E-state index >= 15 is 0 Å². The van der Waals surface area contributed by atoms with Crippen molar-refractivity contribution in [3.63, 3.8) is 0 Å². The molecule has 0 unspecified atom stereocenters. The zero-order valence-corrected chi connectivity index (χ0v) is 15.2. The lowest BCUT2D eigenvalue weighted by Crippen LogP contribution is -2.40. The largest absolute Gasteiger partial charge is 0.480 e. The van der Waals surface area contributed by atoms with Gasteiger partial charge in [0.15, 0.2) is 9.84 Å². The number of hydrogen-bond acceptors (Lipinski definition) is 4. The van der Waals surface area contributed by atoms with Gasteiger partial charge in [0.25, 0.3) is 5.91 Å². The standard InChI is InChI=1S/C18H25NO5S/c1-2-3-8-16(18(21)22)19-17(20)13-9-11-15(12-10-13)25(23,24)14-6-4-5-7-14/h9-12,14,16H,2-8H2,1H3,(H,19,20)(H,21,22)/t16-/m0/s1. The third kappa shape index (κ3) is 4.81. The number of hydrogen-bond donors (Lipinski definition) is 2. The van der Waals surface area contributed by atoms with Gasteiger partial charge < -0.3 is 10.4 Å². The minimum absolute atomic E-state index is 0.219. The van der Waals surface area contributed by atoms with Crippen molar-refractivity contribution in [1.29, 1.82) is 0 Å². The van der Waals surface area contributed by atoms with E-state index in [0.717, 1.165) is 19.3 Å². The summed E-state index contributed by atoms with van der Waals surface area (Å²) in [6.07, 6.45) is 5.14. The fourth-order valence-corrected chi connectivity index (χ4v) is 4.95. The van der Waals surface area contributed by atoms with Gasteiger partial charge in [-0.2, -0.15) is 0 Å². The van der Waals surface area contributed by atoms with Gasteiger partial charge in [0.05, 0.1) is 10.1 Å². The number of benzene rings is 1. The lowest BCUT2D eigenvalue weighted by Gasteiger charge is -2.15. The molecule has 2 rings (SSSR count). The van der Waals surface area contributed by atoms with Crippen LogP contribution in [0, 0.1) is 0 Å². The zero-order chi connectivity index (χ0) is 18.4. The Bertz CT molecular complexity index is 705. The van der Waals surface area contributed by atoms with E-state index in [0.29, 0.717) is 25.7 Å². The van der Waals surface area contributed by atoms with Crippen molar-refractivity contribution in [2.24, 2.45) is 0 Å². The van der Waals surface area contributed by atoms with Gasteiger partial charge in [0.2, 0.25) is 0 Å². The van der Waals surface area contributed by atoms with Crippen molar-refractivity contribution in [3.8, 4) is 0 Å². The van der Waals surface area contributed by atoms with Gasteiger partial charge >= 0.3 is 5.97 Å². The van der Waals surface area contributed by atoms with E-state index in [4.69, 9.17) is 0 Å². The zero-order valence-electron chi connectivity index (χ0n) is 14.4. The summed E-state index contributed by atoms with van der Waals surface area (Å²) in [6, 6.07) is 4.81. The summed E-state index contributed by atoms with van der Waals surface area (Å²) in [5, 5.41) is 11.3. The van der Waals surface area contributed by atoms with Crippen LogP contribution in [0.5, 0.6) is 0 Å². The number of unbranched alkanes of at least 4 members (excludes halogenated alkanes) is 1. The number of nitrogens with one attached hydrogen (secondary N) is 1. The molecule has 138 valence electrons. The quantitative estimate of drug-likeness (QED) is 0.736. The molecule has 1 aliphatic rings. The van der Waals surface area contributed by atoms with E-state index in [1.54, 1.807) is 0 Å². The van der Waals surface area contributed by atoms with E-state index < -0.39 is 27.8 Å². The van der Waals surface area contributed by atoms with Gasteiger partial charge in [-0.1, -0.05) is 32.6 Å². The molecule has 0 bridgehead atoms. The maximum absolute atomic E-state index is 12.5. The van der Waals surface area contributed by atoms with Gasteiger partial charge in [-0.05, 0) is 43.5 Å². The predicted molar refractivity (Wildman–Crippen MR) is 94.3 cm³/mol. The Kier molecular flexibility index (Phi) is 6.58. The second kappa shape index (κ2) is 8.47. The second-order valence-electron chi connectivity index (χ2n) is 6.48. The van der Waals surface area contributed by atoms with Crippen LogP contribution in [-0.2, 0) is 14.6 Å². The monoisotopic (exact) mass is 367 g/mol. The Balaban J connectivity index is 2.08. The van der Waals surface area contributed by atoms with Crippen LogP contribution in [0.25, 0.3) is 0 Å². The number of rotatable bonds is 8. The maximum Gasteiger partial charge on any atom is 0.326 e. The van der Waals surface area contributed by atoms with Crippen molar-refractivity contribution >= 4 is 21.7 Å². The van der Waals surface area contributed by atoms with E-state index in [2.05, 4.69) is 5.32 Å². The van der Waals surface area contributed by atoms with Gasteiger partial charge in [-0.15, -0.1) is 0 Å². The molecule has 2 N–H and O–H groups in total. The first-order chi connectivity index (χ1) is 11.9. The molecule has 6 nitrogen and oxygen atoms in total. The summed E-state index contributed by atoms with van der Waals surface area (Å²) in [5.41, 5.74) is 0.258. The average molecular weight is 367 g/mol. The summed E-state index contributed by atoms with van der Waals surface area (Å²) in [6.45, 7) is 1.95. The molecule has 1 amide bonds. The van der Waals surface area contributed by atoms with Crippen molar-refractivity contribution in [1.82, 2.24) is 5.32 Å². The highest BCUT2D eigenvalue weighted by Gasteiger charge is 2.30. The fourth-order valence-electron chi connectivity index (χ4n) is 3.09. The number of carboxylic acids is 1. The van der Waals surface area contributed by atoms with Crippen LogP contribution in [-0.4, -0.2) is 36.7 Å². The molecule has 1 aromatic carbocycles. The van der Waals surface area contributed by atoms with Crippen molar-refractivity contribution in [3.05, 3.63) is 29.8 Å². The van der Waals surface area contributed by atoms with Crippen LogP contribution in [0.4, 0.5) is 0 Å². The third-order valence-electron chi connectivity index (χ3n) is 4.64. The Morgan fingerprint density at radius 3 is 2.32 bits per heavy atom. The number of aliphatic carboxylic acids is 1. The molecule has 7 heteroatoms. The lowest BCUT2D eigenvalue weighted by molar-refractivity contribution is -0.139. The maximum atomic E-state index is 12.5. The molecule has 0 saturated heterocycles. The molecule has 0 aliphatic heterocycles. The van der Waals surface area contributed by atoms with Gasteiger partial charge in [-0.25, -0.2) is 13.2 Å². The first-order valence-electron chi connectivity index (χ1n) is 8.74. The lowest BCUT2D eigenvalue weighted by atomic mass is 10.1. The molecule has 1 saturated carbocycles. The van der Waals surface area contributed by atoms with Crippen LogP contribution >= 0.6 is 0 Å². The summed E-state index contributed by atoms with van der Waals surface area (Å²) in [4.78, 5) is 23.6. The topological polar surface area (TPSA) is 101 Å². The molecule has 0 radical (unpaired) electrons. The molecule has 1 aliphatic carbocycles. The number of amides is 1. The van der Waals surface area contributed by atoms with Crippen molar-refractivity contribution < 1.29 is 23.1 Å². The molecule has 1 fully saturated rings. The Labute approximate surface area is 148 Å². The van der Waals surface area contributed by atoms with Crippen molar-refractivity contribution in [2.75, 3.05) is 0 Å². The molecular formula is C18H25NO5S. The number of sulfone groups is 1.